The van der Waals surface area contributed by atoms with Gasteiger partial charge in [-0.15, -0.1) is 0 Å². The van der Waals surface area contributed by atoms with Gasteiger partial charge in [-0.05, 0) is 43.7 Å². The molecule has 0 bridgehead atoms. The van der Waals surface area contributed by atoms with Crippen LogP contribution in [0.1, 0.15) is 25.3 Å². The highest BCUT2D eigenvalue weighted by Crippen LogP contribution is 2.25. The van der Waals surface area contributed by atoms with Gasteiger partial charge >= 0.3 is 5.97 Å². The van der Waals surface area contributed by atoms with E-state index in [1.165, 1.54) is 12.1 Å². The summed E-state index contributed by atoms with van der Waals surface area (Å²) in [5.41, 5.74) is 1.41. The van der Waals surface area contributed by atoms with Gasteiger partial charge in [-0.3, -0.25) is 9.78 Å². The normalized spacial score (nSPS) is 12.4. The number of aromatic nitrogens is 1. The van der Waals surface area contributed by atoms with E-state index >= 15 is 0 Å². The fraction of sp³-hybridized carbons (Fsp3) is 0.286. The Balaban J connectivity index is 2.50. The first kappa shape index (κ1) is 12.5. The number of halogens is 1. The Hall–Kier alpha value is -1.97. The van der Waals surface area contributed by atoms with Crippen LogP contribution < -0.4 is 0 Å². The number of hydrogen-bond acceptors (Lipinski definition) is 3. The first-order valence-electron chi connectivity index (χ1n) is 5.84. The Labute approximate surface area is 105 Å². The summed E-state index contributed by atoms with van der Waals surface area (Å²) in [4.78, 5) is 15.9. The molecule has 0 fully saturated rings. The van der Waals surface area contributed by atoms with Gasteiger partial charge in [0.15, 0.2) is 0 Å². The third kappa shape index (κ3) is 2.32. The molecule has 0 saturated carbocycles. The van der Waals surface area contributed by atoms with Crippen LogP contribution in [0.3, 0.4) is 0 Å². The highest BCUT2D eigenvalue weighted by Gasteiger charge is 2.19. The summed E-state index contributed by atoms with van der Waals surface area (Å²) in [6.45, 7) is 3.84. The topological polar surface area (TPSA) is 39.2 Å². The van der Waals surface area contributed by atoms with Crippen LogP contribution in [0.2, 0.25) is 0 Å². The van der Waals surface area contributed by atoms with Crippen LogP contribution in [0.5, 0.6) is 0 Å². The number of fused-ring (bicyclic) bond motifs is 1. The average molecular weight is 247 g/mol. The zero-order chi connectivity index (χ0) is 13.1. The van der Waals surface area contributed by atoms with Crippen molar-refractivity contribution in [3.05, 3.63) is 41.8 Å². The highest BCUT2D eigenvalue weighted by molar-refractivity contribution is 5.88. The highest BCUT2D eigenvalue weighted by atomic mass is 19.1. The van der Waals surface area contributed by atoms with Crippen LogP contribution in [0.4, 0.5) is 4.39 Å². The maximum absolute atomic E-state index is 13.3. The molecule has 0 radical (unpaired) electrons. The molecule has 0 saturated heterocycles. The van der Waals surface area contributed by atoms with Gasteiger partial charge in [0.25, 0.3) is 0 Å². The summed E-state index contributed by atoms with van der Waals surface area (Å²) in [5.74, 6) is -1.08. The standard InChI is InChI=1S/C14H14FNO2/c1-3-18-14(17)9(2)11-6-7-16-13-5-4-10(15)8-12(11)13/h4-9H,3H2,1-2H3. The molecule has 2 rings (SSSR count). The van der Waals surface area contributed by atoms with E-state index < -0.39 is 5.92 Å². The van der Waals surface area contributed by atoms with Gasteiger partial charge in [-0.25, -0.2) is 4.39 Å². The molecule has 1 aromatic heterocycles. The minimum Gasteiger partial charge on any atom is -0.466 e. The second-order valence-electron chi connectivity index (χ2n) is 4.04. The lowest BCUT2D eigenvalue weighted by Crippen LogP contribution is -2.13. The molecule has 0 amide bonds. The summed E-state index contributed by atoms with van der Waals surface area (Å²) in [5, 5.41) is 0.651. The monoisotopic (exact) mass is 247 g/mol. The average Bonchev–Trinajstić information content (AvgIpc) is 2.37. The van der Waals surface area contributed by atoms with Crippen LogP contribution >= 0.6 is 0 Å². The van der Waals surface area contributed by atoms with Crippen molar-refractivity contribution in [3.8, 4) is 0 Å². The summed E-state index contributed by atoms with van der Waals surface area (Å²) in [6.07, 6.45) is 1.62. The van der Waals surface area contributed by atoms with E-state index in [9.17, 15) is 9.18 Å². The predicted octanol–water partition coefficient (Wildman–Crippen LogP) is 3.04. The second kappa shape index (κ2) is 5.12. The fourth-order valence-corrected chi connectivity index (χ4v) is 1.91. The van der Waals surface area contributed by atoms with Crippen molar-refractivity contribution < 1.29 is 13.9 Å². The number of pyridine rings is 1. The van der Waals surface area contributed by atoms with E-state index in [1.54, 1.807) is 32.2 Å². The van der Waals surface area contributed by atoms with Crippen molar-refractivity contribution >= 4 is 16.9 Å². The molecule has 3 nitrogen and oxygen atoms in total. The van der Waals surface area contributed by atoms with Crippen LogP contribution in [-0.2, 0) is 9.53 Å². The van der Waals surface area contributed by atoms with Gasteiger partial charge in [0, 0.05) is 11.6 Å². The largest absolute Gasteiger partial charge is 0.466 e. The van der Waals surface area contributed by atoms with E-state index in [4.69, 9.17) is 4.74 Å². The summed E-state index contributed by atoms with van der Waals surface area (Å²) in [6, 6.07) is 6.08. The quantitative estimate of drug-likeness (QED) is 0.782. The van der Waals surface area contributed by atoms with Gasteiger partial charge in [-0.2, -0.15) is 0 Å². The number of esters is 1. The van der Waals surface area contributed by atoms with Crippen molar-refractivity contribution in [3.63, 3.8) is 0 Å². The molecule has 1 aromatic carbocycles. The number of hydrogen-bond donors (Lipinski definition) is 0. The van der Waals surface area contributed by atoms with Gasteiger partial charge in [-0.1, -0.05) is 0 Å². The number of carbonyl (C=O) groups excluding carboxylic acids is 1. The molecule has 0 N–H and O–H groups in total. The summed E-state index contributed by atoms with van der Waals surface area (Å²) < 4.78 is 18.3. The number of rotatable bonds is 3. The molecule has 0 aliphatic heterocycles. The van der Waals surface area contributed by atoms with Crippen LogP contribution in [-0.4, -0.2) is 17.6 Å². The number of carbonyl (C=O) groups is 1. The molecule has 0 aliphatic rings. The minimum absolute atomic E-state index is 0.311. The molecular formula is C14H14FNO2. The molecule has 0 spiro atoms. The maximum atomic E-state index is 13.3. The van der Waals surface area contributed by atoms with Crippen molar-refractivity contribution in [2.24, 2.45) is 0 Å². The third-order valence-corrected chi connectivity index (χ3v) is 2.84. The minimum atomic E-state index is -0.433. The first-order chi connectivity index (χ1) is 8.63. The molecule has 94 valence electrons. The SMILES string of the molecule is CCOC(=O)C(C)c1ccnc2ccc(F)cc12. The van der Waals surface area contributed by atoms with Crippen LogP contribution in [0.15, 0.2) is 30.5 Å². The third-order valence-electron chi connectivity index (χ3n) is 2.84. The molecule has 0 aliphatic carbocycles. The van der Waals surface area contributed by atoms with Gasteiger partial charge < -0.3 is 4.74 Å². The Bertz CT molecular complexity index is 583. The van der Waals surface area contributed by atoms with Crippen LogP contribution in [0.25, 0.3) is 10.9 Å². The van der Waals surface area contributed by atoms with Crippen molar-refractivity contribution in [1.29, 1.82) is 0 Å². The second-order valence-corrected chi connectivity index (χ2v) is 4.04. The molecule has 2 aromatic rings. The zero-order valence-electron chi connectivity index (χ0n) is 10.3. The number of nitrogens with zero attached hydrogens (tertiary/aromatic N) is 1. The Morgan fingerprint density at radius 2 is 2.22 bits per heavy atom. The molecule has 18 heavy (non-hydrogen) atoms. The molecule has 1 unspecified atom stereocenters. The lowest BCUT2D eigenvalue weighted by atomic mass is 9.97. The number of ether oxygens (including phenoxy) is 1. The van der Waals surface area contributed by atoms with Crippen molar-refractivity contribution in [1.82, 2.24) is 4.98 Å². The Morgan fingerprint density at radius 1 is 1.44 bits per heavy atom. The zero-order valence-corrected chi connectivity index (χ0v) is 10.3. The van der Waals surface area contributed by atoms with E-state index in [0.29, 0.717) is 17.5 Å². The van der Waals surface area contributed by atoms with Gasteiger partial charge in [0.05, 0.1) is 18.0 Å². The van der Waals surface area contributed by atoms with E-state index in [0.717, 1.165) is 5.56 Å². The van der Waals surface area contributed by atoms with E-state index in [2.05, 4.69) is 4.98 Å². The van der Waals surface area contributed by atoms with E-state index in [-0.39, 0.29) is 11.8 Å². The molecule has 4 heteroatoms. The van der Waals surface area contributed by atoms with E-state index in [1.807, 2.05) is 0 Å². The summed E-state index contributed by atoms with van der Waals surface area (Å²) in [7, 11) is 0. The maximum Gasteiger partial charge on any atom is 0.313 e. The lowest BCUT2D eigenvalue weighted by molar-refractivity contribution is -0.144. The van der Waals surface area contributed by atoms with Crippen molar-refractivity contribution in [2.45, 2.75) is 19.8 Å². The smallest absolute Gasteiger partial charge is 0.313 e. The molecule has 1 heterocycles. The molecular weight excluding hydrogens is 233 g/mol. The Morgan fingerprint density at radius 3 is 2.94 bits per heavy atom. The fourth-order valence-electron chi connectivity index (χ4n) is 1.91. The predicted molar refractivity (Wildman–Crippen MR) is 66.7 cm³/mol. The van der Waals surface area contributed by atoms with Gasteiger partial charge in [0.2, 0.25) is 0 Å². The summed E-state index contributed by atoms with van der Waals surface area (Å²) >= 11 is 0. The van der Waals surface area contributed by atoms with Crippen molar-refractivity contribution in [2.75, 3.05) is 6.61 Å². The Kier molecular flexibility index (Phi) is 3.55. The van der Waals surface area contributed by atoms with Crippen LogP contribution in [0, 0.1) is 5.82 Å². The van der Waals surface area contributed by atoms with Gasteiger partial charge in [0.1, 0.15) is 5.82 Å². The lowest BCUT2D eigenvalue weighted by Gasteiger charge is -2.13. The molecule has 1 atom stereocenters. The first-order valence-corrected chi connectivity index (χ1v) is 5.84. The number of benzene rings is 1.